The van der Waals surface area contributed by atoms with E-state index in [0.717, 1.165) is 6.42 Å². The second-order valence-corrected chi connectivity index (χ2v) is 7.09. The van der Waals surface area contributed by atoms with Crippen LogP contribution in [0.4, 0.5) is 0 Å². The van der Waals surface area contributed by atoms with E-state index in [4.69, 9.17) is 5.73 Å². The third-order valence-electron chi connectivity index (χ3n) is 3.62. The maximum Gasteiger partial charge on any atom is 0.0126 e. The van der Waals surface area contributed by atoms with Crippen molar-refractivity contribution < 1.29 is 0 Å². The zero-order valence-corrected chi connectivity index (χ0v) is 12.4. The van der Waals surface area contributed by atoms with Gasteiger partial charge in [-0.2, -0.15) is 0 Å². The van der Waals surface area contributed by atoms with Crippen LogP contribution in [0.15, 0.2) is 0 Å². The van der Waals surface area contributed by atoms with Gasteiger partial charge in [0.1, 0.15) is 0 Å². The third-order valence-corrected chi connectivity index (χ3v) is 3.62. The highest BCUT2D eigenvalue weighted by Gasteiger charge is 2.25. The van der Waals surface area contributed by atoms with Crippen molar-refractivity contribution in [2.24, 2.45) is 5.73 Å². The van der Waals surface area contributed by atoms with Gasteiger partial charge < -0.3 is 10.6 Å². The molecule has 17 heavy (non-hydrogen) atoms. The summed E-state index contributed by atoms with van der Waals surface area (Å²) in [7, 11) is 0. The molecule has 0 aromatic rings. The van der Waals surface area contributed by atoms with Gasteiger partial charge in [0.2, 0.25) is 0 Å². The average Bonchev–Trinajstić information content (AvgIpc) is 2.15. The summed E-state index contributed by atoms with van der Waals surface area (Å²) in [6.07, 6.45) is 2.34. The van der Waals surface area contributed by atoms with Crippen molar-refractivity contribution in [1.82, 2.24) is 9.80 Å². The summed E-state index contributed by atoms with van der Waals surface area (Å²) in [5.74, 6) is 0. The van der Waals surface area contributed by atoms with Crippen molar-refractivity contribution in [3.05, 3.63) is 0 Å². The van der Waals surface area contributed by atoms with Crippen molar-refractivity contribution in [2.75, 3.05) is 32.7 Å². The number of nitrogens with zero attached hydrogens (tertiary/aromatic N) is 2. The van der Waals surface area contributed by atoms with Gasteiger partial charge in [-0.05, 0) is 54.0 Å². The number of hydrogen-bond donors (Lipinski definition) is 1. The van der Waals surface area contributed by atoms with E-state index in [9.17, 15) is 0 Å². The van der Waals surface area contributed by atoms with Crippen LogP contribution in [0, 0.1) is 0 Å². The molecular formula is C14H31N3. The van der Waals surface area contributed by atoms with Crippen LogP contribution in [0.3, 0.4) is 0 Å². The Bertz CT molecular complexity index is 214. The summed E-state index contributed by atoms with van der Waals surface area (Å²) in [6.45, 7) is 17.2. The summed E-state index contributed by atoms with van der Waals surface area (Å²) >= 11 is 0. The Kier molecular flexibility index (Phi) is 4.99. The molecule has 0 unspecified atom stereocenters. The first kappa shape index (κ1) is 14.9. The lowest BCUT2D eigenvalue weighted by molar-refractivity contribution is 0.0611. The molecule has 1 fully saturated rings. The monoisotopic (exact) mass is 241 g/mol. The van der Waals surface area contributed by atoms with E-state index in [1.54, 1.807) is 0 Å². The Balaban J connectivity index is 2.20. The fourth-order valence-electron chi connectivity index (χ4n) is 2.40. The van der Waals surface area contributed by atoms with Gasteiger partial charge in [-0.15, -0.1) is 0 Å². The number of hydrogen-bond acceptors (Lipinski definition) is 3. The van der Waals surface area contributed by atoms with Gasteiger partial charge in [0, 0.05) is 37.3 Å². The van der Waals surface area contributed by atoms with E-state index < -0.39 is 0 Å². The van der Waals surface area contributed by atoms with E-state index in [0.29, 0.717) is 5.54 Å². The minimum absolute atomic E-state index is 0.00671. The standard InChI is InChI=1S/C14H31N3/c1-13(2,3)17-11-9-16(10-12-17)8-6-7-14(4,5)15/h6-12,15H2,1-5H3. The zero-order valence-electron chi connectivity index (χ0n) is 12.4. The van der Waals surface area contributed by atoms with Crippen molar-refractivity contribution >= 4 is 0 Å². The van der Waals surface area contributed by atoms with Crippen LogP contribution in [-0.2, 0) is 0 Å². The molecule has 1 aliphatic heterocycles. The minimum atomic E-state index is -0.00671. The second kappa shape index (κ2) is 5.68. The Morgan fingerprint density at radius 1 is 0.941 bits per heavy atom. The molecule has 0 atom stereocenters. The lowest BCUT2D eigenvalue weighted by Crippen LogP contribution is -2.53. The van der Waals surface area contributed by atoms with Crippen LogP contribution >= 0.6 is 0 Å². The minimum Gasteiger partial charge on any atom is -0.326 e. The van der Waals surface area contributed by atoms with Crippen LogP contribution in [0.1, 0.15) is 47.5 Å². The first-order valence-corrected chi connectivity index (χ1v) is 6.95. The normalized spacial score (nSPS) is 20.8. The molecule has 0 aliphatic carbocycles. The largest absolute Gasteiger partial charge is 0.326 e. The summed E-state index contributed by atoms with van der Waals surface area (Å²) in [6, 6.07) is 0. The van der Waals surface area contributed by atoms with Crippen LogP contribution < -0.4 is 5.73 Å². The van der Waals surface area contributed by atoms with Gasteiger partial charge in [0.15, 0.2) is 0 Å². The summed E-state index contributed by atoms with van der Waals surface area (Å²) in [4.78, 5) is 5.16. The quantitative estimate of drug-likeness (QED) is 0.816. The third kappa shape index (κ3) is 5.84. The van der Waals surface area contributed by atoms with E-state index in [2.05, 4.69) is 44.4 Å². The number of nitrogens with two attached hydrogens (primary N) is 1. The molecular weight excluding hydrogens is 210 g/mol. The number of rotatable bonds is 4. The molecule has 1 aliphatic rings. The van der Waals surface area contributed by atoms with Gasteiger partial charge in [-0.3, -0.25) is 4.90 Å². The van der Waals surface area contributed by atoms with Crippen molar-refractivity contribution in [3.63, 3.8) is 0 Å². The summed E-state index contributed by atoms with van der Waals surface area (Å²) in [5, 5.41) is 0. The van der Waals surface area contributed by atoms with Gasteiger partial charge in [0.05, 0.1) is 0 Å². The molecule has 0 amide bonds. The lowest BCUT2D eigenvalue weighted by atomic mass is 10.00. The van der Waals surface area contributed by atoms with Crippen LogP contribution in [0.25, 0.3) is 0 Å². The molecule has 3 heteroatoms. The Morgan fingerprint density at radius 3 is 1.88 bits per heavy atom. The lowest BCUT2D eigenvalue weighted by Gasteiger charge is -2.42. The highest BCUT2D eigenvalue weighted by atomic mass is 15.3. The van der Waals surface area contributed by atoms with Crippen molar-refractivity contribution in [3.8, 4) is 0 Å². The summed E-state index contributed by atoms with van der Waals surface area (Å²) in [5.41, 5.74) is 6.32. The van der Waals surface area contributed by atoms with Gasteiger partial charge in [0.25, 0.3) is 0 Å². The van der Waals surface area contributed by atoms with Crippen LogP contribution in [0.5, 0.6) is 0 Å². The van der Waals surface area contributed by atoms with E-state index in [1.165, 1.54) is 39.1 Å². The summed E-state index contributed by atoms with van der Waals surface area (Å²) < 4.78 is 0. The van der Waals surface area contributed by atoms with Crippen molar-refractivity contribution in [2.45, 2.75) is 58.5 Å². The molecule has 1 heterocycles. The Labute approximate surface area is 107 Å². The SMILES string of the molecule is CC(C)(N)CCCN1CCN(C(C)(C)C)CC1. The Hall–Kier alpha value is -0.120. The average molecular weight is 241 g/mol. The molecule has 0 aromatic heterocycles. The fourth-order valence-corrected chi connectivity index (χ4v) is 2.40. The first-order valence-electron chi connectivity index (χ1n) is 6.95. The molecule has 0 saturated carbocycles. The van der Waals surface area contributed by atoms with Crippen molar-refractivity contribution in [1.29, 1.82) is 0 Å². The van der Waals surface area contributed by atoms with E-state index in [1.807, 2.05) is 0 Å². The van der Waals surface area contributed by atoms with Gasteiger partial charge >= 0.3 is 0 Å². The highest BCUT2D eigenvalue weighted by Crippen LogP contribution is 2.16. The van der Waals surface area contributed by atoms with Gasteiger partial charge in [-0.25, -0.2) is 0 Å². The predicted octanol–water partition coefficient (Wildman–Crippen LogP) is 1.92. The molecule has 1 rings (SSSR count). The predicted molar refractivity (Wildman–Crippen MR) is 75.3 cm³/mol. The molecule has 0 aromatic carbocycles. The topological polar surface area (TPSA) is 32.5 Å². The smallest absolute Gasteiger partial charge is 0.0126 e. The van der Waals surface area contributed by atoms with Crippen LogP contribution in [0.2, 0.25) is 0 Å². The number of piperazine rings is 1. The first-order chi connectivity index (χ1) is 7.68. The highest BCUT2D eigenvalue weighted by molar-refractivity contribution is 4.82. The fraction of sp³-hybridized carbons (Fsp3) is 1.00. The van der Waals surface area contributed by atoms with E-state index in [-0.39, 0.29) is 5.54 Å². The van der Waals surface area contributed by atoms with E-state index >= 15 is 0 Å². The molecule has 3 nitrogen and oxygen atoms in total. The zero-order chi connectivity index (χ0) is 13.1. The molecule has 0 spiro atoms. The Morgan fingerprint density at radius 2 is 1.47 bits per heavy atom. The molecule has 0 radical (unpaired) electrons. The maximum absolute atomic E-state index is 6.00. The molecule has 0 bridgehead atoms. The van der Waals surface area contributed by atoms with Crippen LogP contribution in [-0.4, -0.2) is 53.6 Å². The maximum atomic E-state index is 6.00. The molecule has 1 saturated heterocycles. The second-order valence-electron chi connectivity index (χ2n) is 7.09. The molecule has 102 valence electrons. The van der Waals surface area contributed by atoms with Gasteiger partial charge in [-0.1, -0.05) is 0 Å². The molecule has 2 N–H and O–H groups in total.